The number of rotatable bonds is 5. The Morgan fingerprint density at radius 3 is 2.56 bits per heavy atom. The first-order chi connectivity index (χ1) is 7.61. The minimum absolute atomic E-state index is 0.480. The monoisotopic (exact) mass is 236 g/mol. The third-order valence-corrected chi connectivity index (χ3v) is 2.91. The third-order valence-electron chi connectivity index (χ3n) is 2.69. The van der Waals surface area contributed by atoms with Crippen LogP contribution in [-0.4, -0.2) is 18.1 Å². The first kappa shape index (κ1) is 13.0. The van der Waals surface area contributed by atoms with Crippen LogP contribution in [0.2, 0.25) is 0 Å². The van der Waals surface area contributed by atoms with E-state index in [1.807, 2.05) is 12.1 Å². The van der Waals surface area contributed by atoms with E-state index in [0.717, 1.165) is 25.1 Å². The summed E-state index contributed by atoms with van der Waals surface area (Å²) in [6.07, 6.45) is 1.12. The van der Waals surface area contributed by atoms with Crippen LogP contribution in [0.25, 0.3) is 0 Å². The molecule has 0 saturated carbocycles. The van der Waals surface area contributed by atoms with Gasteiger partial charge in [-0.1, -0.05) is 31.3 Å². The van der Waals surface area contributed by atoms with Gasteiger partial charge in [0.1, 0.15) is 4.99 Å². The summed E-state index contributed by atoms with van der Waals surface area (Å²) in [4.78, 5) is 2.82. The molecular formula is C13H20N2S. The van der Waals surface area contributed by atoms with Gasteiger partial charge in [0.2, 0.25) is 0 Å². The zero-order valence-electron chi connectivity index (χ0n) is 10.3. The molecule has 1 rings (SSSR count). The van der Waals surface area contributed by atoms with Gasteiger partial charge in [-0.2, -0.15) is 0 Å². The molecule has 2 N–H and O–H groups in total. The van der Waals surface area contributed by atoms with Crippen LogP contribution >= 0.6 is 12.2 Å². The normalized spacial score (nSPS) is 10.2. The molecule has 0 aromatic heterocycles. The van der Waals surface area contributed by atoms with E-state index in [4.69, 9.17) is 18.0 Å². The van der Waals surface area contributed by atoms with Crippen LogP contribution in [0.3, 0.4) is 0 Å². The molecule has 16 heavy (non-hydrogen) atoms. The topological polar surface area (TPSA) is 29.3 Å². The highest BCUT2D eigenvalue weighted by atomic mass is 32.1. The smallest absolute Gasteiger partial charge is 0.106 e. The standard InChI is InChI=1S/C13H20N2S/c1-4-9-15(5-2)12-10(3)7-6-8-11(12)13(14)16/h6-8H,4-5,9H2,1-3H3,(H2,14,16). The van der Waals surface area contributed by atoms with Gasteiger partial charge in [0.15, 0.2) is 0 Å². The van der Waals surface area contributed by atoms with Crippen molar-refractivity contribution in [3.63, 3.8) is 0 Å². The number of hydrogen-bond acceptors (Lipinski definition) is 2. The van der Waals surface area contributed by atoms with Crippen molar-refractivity contribution in [3.05, 3.63) is 29.3 Å². The molecular weight excluding hydrogens is 216 g/mol. The van der Waals surface area contributed by atoms with Gasteiger partial charge in [-0.25, -0.2) is 0 Å². The second-order valence-electron chi connectivity index (χ2n) is 3.91. The number of aryl methyl sites for hydroxylation is 1. The summed E-state index contributed by atoms with van der Waals surface area (Å²) >= 11 is 5.11. The molecule has 3 heteroatoms. The summed E-state index contributed by atoms with van der Waals surface area (Å²) in [7, 11) is 0. The summed E-state index contributed by atoms with van der Waals surface area (Å²) in [6, 6.07) is 6.12. The van der Waals surface area contributed by atoms with E-state index >= 15 is 0 Å². The number of nitrogens with zero attached hydrogens (tertiary/aromatic N) is 1. The fourth-order valence-corrected chi connectivity index (χ4v) is 2.14. The fraction of sp³-hybridized carbons (Fsp3) is 0.462. The van der Waals surface area contributed by atoms with Gasteiger partial charge in [-0.05, 0) is 31.9 Å². The second-order valence-corrected chi connectivity index (χ2v) is 4.35. The molecule has 0 aliphatic rings. The van der Waals surface area contributed by atoms with E-state index in [-0.39, 0.29) is 0 Å². The van der Waals surface area contributed by atoms with Gasteiger partial charge in [-0.3, -0.25) is 0 Å². The van der Waals surface area contributed by atoms with Crippen LogP contribution in [-0.2, 0) is 0 Å². The Bertz CT molecular complexity index is 374. The number of anilines is 1. The summed E-state index contributed by atoms with van der Waals surface area (Å²) in [5.74, 6) is 0. The molecule has 0 aliphatic heterocycles. The predicted octanol–water partition coefficient (Wildman–Crippen LogP) is 2.87. The van der Waals surface area contributed by atoms with E-state index in [2.05, 4.69) is 31.7 Å². The minimum atomic E-state index is 0.480. The number of para-hydroxylation sites is 1. The van der Waals surface area contributed by atoms with E-state index in [1.165, 1.54) is 11.3 Å². The number of thiocarbonyl (C=S) groups is 1. The van der Waals surface area contributed by atoms with E-state index in [9.17, 15) is 0 Å². The summed E-state index contributed by atoms with van der Waals surface area (Å²) in [5, 5.41) is 0. The molecule has 0 amide bonds. The highest BCUT2D eigenvalue weighted by molar-refractivity contribution is 7.80. The maximum atomic E-state index is 5.78. The average molecular weight is 236 g/mol. The van der Waals surface area contributed by atoms with Crippen molar-refractivity contribution in [2.24, 2.45) is 5.73 Å². The van der Waals surface area contributed by atoms with Gasteiger partial charge in [0.25, 0.3) is 0 Å². The molecule has 0 saturated heterocycles. The van der Waals surface area contributed by atoms with Gasteiger partial charge in [-0.15, -0.1) is 0 Å². The van der Waals surface area contributed by atoms with Crippen LogP contribution < -0.4 is 10.6 Å². The van der Waals surface area contributed by atoms with Crippen LogP contribution in [0.5, 0.6) is 0 Å². The molecule has 2 nitrogen and oxygen atoms in total. The average Bonchev–Trinajstić information content (AvgIpc) is 2.26. The molecule has 1 aromatic carbocycles. The van der Waals surface area contributed by atoms with E-state index < -0.39 is 0 Å². The Kier molecular flexibility index (Phi) is 4.74. The summed E-state index contributed by atoms with van der Waals surface area (Å²) in [5.41, 5.74) is 9.20. The van der Waals surface area contributed by atoms with Crippen LogP contribution in [0.15, 0.2) is 18.2 Å². The highest BCUT2D eigenvalue weighted by Crippen LogP contribution is 2.25. The lowest BCUT2D eigenvalue weighted by molar-refractivity contribution is 0.788. The number of benzene rings is 1. The van der Waals surface area contributed by atoms with Crippen molar-refractivity contribution >= 4 is 22.9 Å². The number of nitrogens with two attached hydrogens (primary N) is 1. The molecule has 0 atom stereocenters. The molecule has 0 spiro atoms. The van der Waals surface area contributed by atoms with Crippen molar-refractivity contribution < 1.29 is 0 Å². The Morgan fingerprint density at radius 2 is 2.06 bits per heavy atom. The second kappa shape index (κ2) is 5.85. The summed E-state index contributed by atoms with van der Waals surface area (Å²) in [6.45, 7) is 8.47. The van der Waals surface area contributed by atoms with Crippen LogP contribution in [0.1, 0.15) is 31.4 Å². The molecule has 0 unspecified atom stereocenters. The number of hydrogen-bond donors (Lipinski definition) is 1. The summed E-state index contributed by atoms with van der Waals surface area (Å²) < 4.78 is 0. The van der Waals surface area contributed by atoms with Gasteiger partial charge >= 0.3 is 0 Å². The minimum Gasteiger partial charge on any atom is -0.389 e. The van der Waals surface area contributed by atoms with Gasteiger partial charge < -0.3 is 10.6 Å². The van der Waals surface area contributed by atoms with Crippen molar-refractivity contribution in [2.45, 2.75) is 27.2 Å². The molecule has 0 aliphatic carbocycles. The molecule has 88 valence electrons. The molecule has 1 aromatic rings. The Balaban J connectivity index is 3.22. The highest BCUT2D eigenvalue weighted by Gasteiger charge is 2.13. The van der Waals surface area contributed by atoms with E-state index in [1.54, 1.807) is 0 Å². The van der Waals surface area contributed by atoms with Crippen molar-refractivity contribution in [3.8, 4) is 0 Å². The molecule has 0 radical (unpaired) electrons. The van der Waals surface area contributed by atoms with Gasteiger partial charge in [0, 0.05) is 24.3 Å². The lowest BCUT2D eigenvalue weighted by Crippen LogP contribution is -2.27. The van der Waals surface area contributed by atoms with E-state index in [0.29, 0.717) is 4.99 Å². The molecule has 0 bridgehead atoms. The Morgan fingerprint density at radius 1 is 1.38 bits per heavy atom. The quantitative estimate of drug-likeness (QED) is 0.797. The Labute approximate surface area is 103 Å². The largest absolute Gasteiger partial charge is 0.389 e. The fourth-order valence-electron chi connectivity index (χ4n) is 1.98. The zero-order chi connectivity index (χ0) is 12.1. The lowest BCUT2D eigenvalue weighted by Gasteiger charge is -2.26. The predicted molar refractivity (Wildman–Crippen MR) is 75.2 cm³/mol. The third kappa shape index (κ3) is 2.73. The van der Waals surface area contributed by atoms with Crippen molar-refractivity contribution in [2.75, 3.05) is 18.0 Å². The van der Waals surface area contributed by atoms with Crippen LogP contribution in [0.4, 0.5) is 5.69 Å². The zero-order valence-corrected chi connectivity index (χ0v) is 11.1. The maximum absolute atomic E-state index is 5.78. The first-order valence-corrected chi connectivity index (χ1v) is 6.17. The SMILES string of the molecule is CCCN(CC)c1c(C)cccc1C(N)=S. The molecule has 0 fully saturated rings. The Hall–Kier alpha value is -1.09. The maximum Gasteiger partial charge on any atom is 0.106 e. The van der Waals surface area contributed by atoms with Crippen molar-refractivity contribution in [1.82, 2.24) is 0 Å². The van der Waals surface area contributed by atoms with Crippen LogP contribution in [0, 0.1) is 6.92 Å². The van der Waals surface area contributed by atoms with Gasteiger partial charge in [0.05, 0.1) is 0 Å². The first-order valence-electron chi connectivity index (χ1n) is 5.76. The lowest BCUT2D eigenvalue weighted by atomic mass is 10.1. The molecule has 0 heterocycles. The van der Waals surface area contributed by atoms with Crippen molar-refractivity contribution in [1.29, 1.82) is 0 Å².